The Morgan fingerprint density at radius 2 is 2.27 bits per heavy atom. The van der Waals surface area contributed by atoms with Crippen molar-refractivity contribution in [3.05, 3.63) is 12.2 Å². The summed E-state index contributed by atoms with van der Waals surface area (Å²) in [4.78, 5) is 0. The van der Waals surface area contributed by atoms with Crippen LogP contribution in [0.2, 0.25) is 0 Å². The number of aromatic nitrogens is 3. The molecule has 4 nitrogen and oxygen atoms in total. The maximum atomic E-state index is 4.03. The molecular weight excluding hydrogens is 208 g/mol. The molecule has 0 aliphatic rings. The van der Waals surface area contributed by atoms with Crippen LogP contribution in [0, 0.1) is 0 Å². The number of unbranched alkanes of at least 4 members (excludes halogenated alkanes) is 1. The number of aryl methyl sites for hydroxylation is 1. The van der Waals surface area contributed by atoms with Crippen LogP contribution in [0.15, 0.2) is 6.33 Å². The molecule has 0 aliphatic carbocycles. The third-order valence-electron chi connectivity index (χ3n) is 2.28. The van der Waals surface area contributed by atoms with Crippen LogP contribution in [-0.2, 0) is 13.5 Å². The van der Waals surface area contributed by atoms with E-state index in [0.29, 0.717) is 0 Å². The van der Waals surface area contributed by atoms with E-state index >= 15 is 0 Å². The van der Waals surface area contributed by atoms with Gasteiger partial charge in [-0.25, -0.2) is 0 Å². The Morgan fingerprint density at radius 1 is 1.40 bits per heavy atom. The van der Waals surface area contributed by atoms with Crippen molar-refractivity contribution in [3.63, 3.8) is 0 Å². The summed E-state index contributed by atoms with van der Waals surface area (Å²) in [6.07, 6.45) is 7.42. The highest BCUT2D eigenvalue weighted by molar-refractivity contribution is 7.98. The standard InChI is InChI=1S/C10H20N4S/c1-14-9-12-13-10(14)5-7-11-6-3-4-8-15-2/h9,11H,3-8H2,1-2H3. The number of thioether (sulfide) groups is 1. The summed E-state index contributed by atoms with van der Waals surface area (Å²) in [5.74, 6) is 2.32. The van der Waals surface area contributed by atoms with Gasteiger partial charge in [0.05, 0.1) is 0 Å². The van der Waals surface area contributed by atoms with Crippen molar-refractivity contribution >= 4 is 11.8 Å². The minimum absolute atomic E-state index is 0.957. The van der Waals surface area contributed by atoms with E-state index in [9.17, 15) is 0 Å². The summed E-state index contributed by atoms with van der Waals surface area (Å²) < 4.78 is 1.97. The molecule has 0 amide bonds. The van der Waals surface area contributed by atoms with Crippen LogP contribution in [-0.4, -0.2) is 39.9 Å². The second-order valence-electron chi connectivity index (χ2n) is 3.56. The first-order valence-electron chi connectivity index (χ1n) is 5.37. The van der Waals surface area contributed by atoms with E-state index in [0.717, 1.165) is 25.3 Å². The van der Waals surface area contributed by atoms with Crippen molar-refractivity contribution in [2.45, 2.75) is 19.3 Å². The van der Waals surface area contributed by atoms with Gasteiger partial charge in [-0.05, 0) is 31.4 Å². The summed E-state index contributed by atoms with van der Waals surface area (Å²) in [5.41, 5.74) is 0. The number of hydrogen-bond donors (Lipinski definition) is 1. The molecule has 86 valence electrons. The normalized spacial score (nSPS) is 10.8. The predicted octanol–water partition coefficient (Wildman–Crippen LogP) is 1.09. The summed E-state index contributed by atoms with van der Waals surface area (Å²) in [5, 5.41) is 11.3. The van der Waals surface area contributed by atoms with Gasteiger partial charge in [-0.3, -0.25) is 0 Å². The van der Waals surface area contributed by atoms with Crippen molar-refractivity contribution in [2.75, 3.05) is 25.1 Å². The van der Waals surface area contributed by atoms with Gasteiger partial charge >= 0.3 is 0 Å². The van der Waals surface area contributed by atoms with Crippen LogP contribution in [0.3, 0.4) is 0 Å². The zero-order valence-electron chi connectivity index (χ0n) is 9.57. The third kappa shape index (κ3) is 5.18. The van der Waals surface area contributed by atoms with Crippen molar-refractivity contribution in [1.82, 2.24) is 20.1 Å². The Morgan fingerprint density at radius 3 is 2.93 bits per heavy atom. The minimum atomic E-state index is 0.957. The summed E-state index contributed by atoms with van der Waals surface area (Å²) >= 11 is 1.92. The van der Waals surface area contributed by atoms with Gasteiger partial charge < -0.3 is 9.88 Å². The second kappa shape index (κ2) is 7.70. The molecule has 5 heteroatoms. The third-order valence-corrected chi connectivity index (χ3v) is 2.98. The molecule has 15 heavy (non-hydrogen) atoms. The largest absolute Gasteiger partial charge is 0.321 e. The zero-order valence-corrected chi connectivity index (χ0v) is 10.4. The van der Waals surface area contributed by atoms with Gasteiger partial charge in [-0.1, -0.05) is 0 Å². The first kappa shape index (κ1) is 12.5. The van der Waals surface area contributed by atoms with Gasteiger partial charge in [0, 0.05) is 20.0 Å². The van der Waals surface area contributed by atoms with Crippen molar-refractivity contribution in [3.8, 4) is 0 Å². The Bertz CT molecular complexity index is 262. The maximum Gasteiger partial charge on any atom is 0.133 e. The molecule has 0 radical (unpaired) electrons. The molecule has 0 bridgehead atoms. The minimum Gasteiger partial charge on any atom is -0.321 e. The van der Waals surface area contributed by atoms with Crippen LogP contribution in [0.4, 0.5) is 0 Å². The van der Waals surface area contributed by atoms with Gasteiger partial charge in [0.2, 0.25) is 0 Å². The molecule has 0 spiro atoms. The van der Waals surface area contributed by atoms with Gasteiger partial charge in [-0.15, -0.1) is 10.2 Å². The molecule has 1 heterocycles. The van der Waals surface area contributed by atoms with E-state index in [1.54, 1.807) is 6.33 Å². The smallest absolute Gasteiger partial charge is 0.133 e. The van der Waals surface area contributed by atoms with E-state index in [4.69, 9.17) is 0 Å². The van der Waals surface area contributed by atoms with E-state index in [2.05, 4.69) is 21.8 Å². The molecule has 0 atom stereocenters. The maximum absolute atomic E-state index is 4.03. The molecule has 0 saturated heterocycles. The van der Waals surface area contributed by atoms with Crippen molar-refractivity contribution < 1.29 is 0 Å². The van der Waals surface area contributed by atoms with E-state index in [1.807, 2.05) is 23.4 Å². The summed E-state index contributed by atoms with van der Waals surface area (Å²) in [6, 6.07) is 0. The first-order chi connectivity index (χ1) is 7.34. The lowest BCUT2D eigenvalue weighted by Gasteiger charge is -2.03. The van der Waals surface area contributed by atoms with Gasteiger partial charge in [0.25, 0.3) is 0 Å². The highest BCUT2D eigenvalue weighted by Crippen LogP contribution is 1.98. The Labute approximate surface area is 95.9 Å². The van der Waals surface area contributed by atoms with E-state index in [1.165, 1.54) is 18.6 Å². The van der Waals surface area contributed by atoms with Gasteiger partial charge in [0.1, 0.15) is 12.2 Å². The summed E-state index contributed by atoms with van der Waals surface area (Å²) in [7, 11) is 1.98. The van der Waals surface area contributed by atoms with Crippen LogP contribution >= 0.6 is 11.8 Å². The Hall–Kier alpha value is -0.550. The molecule has 1 rings (SSSR count). The fraction of sp³-hybridized carbons (Fsp3) is 0.800. The lowest BCUT2D eigenvalue weighted by Crippen LogP contribution is -2.19. The molecule has 0 unspecified atom stereocenters. The van der Waals surface area contributed by atoms with Gasteiger partial charge in [0.15, 0.2) is 0 Å². The van der Waals surface area contributed by atoms with Crippen molar-refractivity contribution in [1.29, 1.82) is 0 Å². The molecule has 1 aromatic rings. The van der Waals surface area contributed by atoms with E-state index in [-0.39, 0.29) is 0 Å². The fourth-order valence-corrected chi connectivity index (χ4v) is 1.85. The monoisotopic (exact) mass is 228 g/mol. The molecule has 0 aliphatic heterocycles. The topological polar surface area (TPSA) is 42.7 Å². The molecule has 1 N–H and O–H groups in total. The lowest BCUT2D eigenvalue weighted by molar-refractivity contribution is 0.623. The molecule has 0 aromatic carbocycles. The SMILES string of the molecule is CSCCCCNCCc1nncn1C. The predicted molar refractivity (Wildman–Crippen MR) is 65.2 cm³/mol. The van der Waals surface area contributed by atoms with E-state index < -0.39 is 0 Å². The van der Waals surface area contributed by atoms with Crippen molar-refractivity contribution in [2.24, 2.45) is 7.05 Å². The first-order valence-corrected chi connectivity index (χ1v) is 6.76. The van der Waals surface area contributed by atoms with Gasteiger partial charge in [-0.2, -0.15) is 11.8 Å². The highest BCUT2D eigenvalue weighted by atomic mass is 32.2. The highest BCUT2D eigenvalue weighted by Gasteiger charge is 1.98. The molecular formula is C10H20N4S. The number of hydrogen-bond acceptors (Lipinski definition) is 4. The average molecular weight is 228 g/mol. The number of nitrogens with zero attached hydrogens (tertiary/aromatic N) is 3. The quantitative estimate of drug-likeness (QED) is 0.676. The fourth-order valence-electron chi connectivity index (χ4n) is 1.36. The molecule has 1 aromatic heterocycles. The number of rotatable bonds is 8. The van der Waals surface area contributed by atoms with Crippen LogP contribution < -0.4 is 5.32 Å². The molecule has 0 fully saturated rings. The Kier molecular flexibility index (Phi) is 6.43. The average Bonchev–Trinajstić information content (AvgIpc) is 2.63. The van der Waals surface area contributed by atoms with Crippen LogP contribution in [0.1, 0.15) is 18.7 Å². The zero-order chi connectivity index (χ0) is 10.9. The number of nitrogens with one attached hydrogen (secondary N) is 1. The van der Waals surface area contributed by atoms with Crippen LogP contribution in [0.25, 0.3) is 0 Å². The van der Waals surface area contributed by atoms with Crippen LogP contribution in [0.5, 0.6) is 0 Å². The lowest BCUT2D eigenvalue weighted by atomic mass is 10.3. The second-order valence-corrected chi connectivity index (χ2v) is 4.54. The Balaban J connectivity index is 1.96. The molecule has 0 saturated carbocycles. The summed E-state index contributed by atoms with van der Waals surface area (Å²) in [6.45, 7) is 2.10.